The van der Waals surface area contributed by atoms with Crippen LogP contribution < -0.4 is 4.74 Å². The number of aromatic nitrogens is 3. The van der Waals surface area contributed by atoms with E-state index >= 15 is 0 Å². The first-order valence-electron chi connectivity index (χ1n) is 10.5. The normalized spacial score (nSPS) is 18.4. The summed E-state index contributed by atoms with van der Waals surface area (Å²) in [5.41, 5.74) is 2.32. The predicted octanol–water partition coefficient (Wildman–Crippen LogP) is 5.34. The second-order valence-corrected chi connectivity index (χ2v) is 9.34. The molecule has 1 unspecified atom stereocenters. The summed E-state index contributed by atoms with van der Waals surface area (Å²) in [5, 5.41) is 17.7. The molecule has 1 aliphatic rings. The topological polar surface area (TPSA) is 92.0 Å². The Labute approximate surface area is 212 Å². The minimum Gasteiger partial charge on any atom is -0.474 e. The van der Waals surface area contributed by atoms with E-state index in [9.17, 15) is 4.79 Å². The van der Waals surface area contributed by atoms with Crippen LogP contribution in [0.1, 0.15) is 40.0 Å². The summed E-state index contributed by atoms with van der Waals surface area (Å²) >= 11 is 18.6. The van der Waals surface area contributed by atoms with Crippen molar-refractivity contribution in [1.82, 2.24) is 20.1 Å². The molecule has 1 saturated heterocycles. The van der Waals surface area contributed by atoms with Crippen LogP contribution in [0.3, 0.4) is 0 Å². The molecule has 34 heavy (non-hydrogen) atoms. The Kier molecular flexibility index (Phi) is 7.22. The highest BCUT2D eigenvalue weighted by atomic mass is 35.5. The zero-order chi connectivity index (χ0) is 24.4. The Hall–Kier alpha value is -2.92. The quantitative estimate of drug-likeness (QED) is 0.455. The number of benzene rings is 1. The number of carbonyl (C=O) groups excluding carboxylic acids is 1. The molecule has 4 rings (SSSR count). The summed E-state index contributed by atoms with van der Waals surface area (Å²) in [7, 11) is 0. The number of rotatable bonds is 5. The van der Waals surface area contributed by atoms with Crippen LogP contribution >= 0.6 is 34.8 Å². The average molecular weight is 517 g/mol. The maximum Gasteiger partial charge on any atom is 0.257 e. The third kappa shape index (κ3) is 5.10. The molecule has 7 nitrogen and oxygen atoms in total. The second kappa shape index (κ2) is 10.1. The highest BCUT2D eigenvalue weighted by Crippen LogP contribution is 2.39. The molecule has 0 radical (unpaired) electrons. The Bertz CT molecular complexity index is 1260. The number of amides is 1. The van der Waals surface area contributed by atoms with Crippen molar-refractivity contribution in [2.45, 2.75) is 25.9 Å². The number of hydrogen-bond acceptors (Lipinski definition) is 6. The van der Waals surface area contributed by atoms with Crippen LogP contribution in [0, 0.1) is 24.2 Å². The van der Waals surface area contributed by atoms with Gasteiger partial charge in [-0.25, -0.2) is 4.98 Å². The highest BCUT2D eigenvalue weighted by molar-refractivity contribution is 6.42. The summed E-state index contributed by atoms with van der Waals surface area (Å²) < 4.78 is 6.11. The van der Waals surface area contributed by atoms with Crippen LogP contribution in [-0.2, 0) is 0 Å². The van der Waals surface area contributed by atoms with E-state index in [-0.39, 0.29) is 29.0 Å². The molecule has 1 aromatic carbocycles. The summed E-state index contributed by atoms with van der Waals surface area (Å²) in [6, 6.07) is 12.5. The molecule has 1 aliphatic heterocycles. The Balaban J connectivity index is 1.63. The summed E-state index contributed by atoms with van der Waals surface area (Å²) in [6.07, 6.45) is 1.16. The van der Waals surface area contributed by atoms with Gasteiger partial charge in [-0.3, -0.25) is 4.79 Å². The zero-order valence-corrected chi connectivity index (χ0v) is 20.6. The van der Waals surface area contributed by atoms with Gasteiger partial charge in [-0.05, 0) is 43.7 Å². The fourth-order valence-electron chi connectivity index (χ4n) is 4.15. The number of ether oxygens (including phenoxy) is 1. The van der Waals surface area contributed by atoms with E-state index in [1.165, 1.54) is 6.20 Å². The van der Waals surface area contributed by atoms with Crippen LogP contribution in [0.15, 0.2) is 42.6 Å². The largest absolute Gasteiger partial charge is 0.474 e. The van der Waals surface area contributed by atoms with E-state index < -0.39 is 0 Å². The third-order valence-corrected chi connectivity index (χ3v) is 6.92. The number of nitriles is 1. The standard InChI is InChI=1S/C24H20Cl3N5O2/c1-13-7-17(23(27)31-30-13)24(33)32-11-18(14(2)34-22-6-3-15(9-28)10-29-22)19(12-32)16-4-5-20(25)21(26)8-16/h3-8,10,14,18-19H,11-12H2,1-2H3/t14-,18?,19+/m0/s1. The molecule has 2 aromatic heterocycles. The number of nitrogens with zero attached hydrogens (tertiary/aromatic N) is 5. The summed E-state index contributed by atoms with van der Waals surface area (Å²) in [6.45, 7) is 4.56. The molecule has 3 aromatic rings. The van der Waals surface area contributed by atoms with Gasteiger partial charge in [0.2, 0.25) is 5.88 Å². The number of carbonyl (C=O) groups is 1. The lowest BCUT2D eigenvalue weighted by molar-refractivity contribution is 0.0769. The molecule has 1 amide bonds. The van der Waals surface area contributed by atoms with Gasteiger partial charge in [0, 0.05) is 37.2 Å². The van der Waals surface area contributed by atoms with Gasteiger partial charge in [0.1, 0.15) is 12.2 Å². The lowest BCUT2D eigenvalue weighted by Gasteiger charge is -2.25. The van der Waals surface area contributed by atoms with E-state index in [2.05, 4.69) is 15.2 Å². The maximum absolute atomic E-state index is 13.4. The Morgan fingerprint density at radius 3 is 2.62 bits per heavy atom. The first kappa shape index (κ1) is 24.2. The van der Waals surface area contributed by atoms with Gasteiger partial charge in [0.05, 0.1) is 26.9 Å². The van der Waals surface area contributed by atoms with Crippen LogP contribution in [0.4, 0.5) is 0 Å². The van der Waals surface area contributed by atoms with Crippen molar-refractivity contribution in [2.24, 2.45) is 5.92 Å². The Morgan fingerprint density at radius 2 is 1.94 bits per heavy atom. The lowest BCUT2D eigenvalue weighted by atomic mass is 9.86. The van der Waals surface area contributed by atoms with Crippen LogP contribution in [0.2, 0.25) is 15.2 Å². The molecule has 0 bridgehead atoms. The molecule has 1 fully saturated rings. The van der Waals surface area contributed by atoms with Gasteiger partial charge in [-0.15, -0.1) is 5.10 Å². The number of likely N-dealkylation sites (tertiary alicyclic amines) is 1. The van der Waals surface area contributed by atoms with Gasteiger partial charge in [-0.1, -0.05) is 40.9 Å². The van der Waals surface area contributed by atoms with Crippen molar-refractivity contribution >= 4 is 40.7 Å². The predicted molar refractivity (Wildman–Crippen MR) is 129 cm³/mol. The fraction of sp³-hybridized carbons (Fsp3) is 0.292. The minimum atomic E-state index is -0.300. The van der Waals surface area contributed by atoms with E-state index in [1.54, 1.807) is 36.1 Å². The first-order chi connectivity index (χ1) is 16.3. The van der Waals surface area contributed by atoms with Crippen LogP contribution in [0.5, 0.6) is 5.88 Å². The van der Waals surface area contributed by atoms with Crippen molar-refractivity contribution in [2.75, 3.05) is 13.1 Å². The first-order valence-corrected chi connectivity index (χ1v) is 11.7. The fourth-order valence-corrected chi connectivity index (χ4v) is 4.63. The van der Waals surface area contributed by atoms with E-state index in [0.29, 0.717) is 45.8 Å². The monoisotopic (exact) mass is 515 g/mol. The van der Waals surface area contributed by atoms with Crippen molar-refractivity contribution in [1.29, 1.82) is 5.26 Å². The van der Waals surface area contributed by atoms with Crippen LogP contribution in [0.25, 0.3) is 0 Å². The zero-order valence-electron chi connectivity index (χ0n) is 18.4. The summed E-state index contributed by atoms with van der Waals surface area (Å²) in [5.74, 6) is 0.0375. The molecule has 3 heterocycles. The smallest absolute Gasteiger partial charge is 0.257 e. The lowest BCUT2D eigenvalue weighted by Crippen LogP contribution is -2.32. The summed E-state index contributed by atoms with van der Waals surface area (Å²) in [4.78, 5) is 19.3. The van der Waals surface area contributed by atoms with Gasteiger partial charge in [0.15, 0.2) is 5.15 Å². The second-order valence-electron chi connectivity index (χ2n) is 8.16. The molecule has 10 heteroatoms. The molecule has 174 valence electrons. The van der Waals surface area contributed by atoms with Gasteiger partial charge in [-0.2, -0.15) is 10.4 Å². The average Bonchev–Trinajstić information content (AvgIpc) is 3.28. The van der Waals surface area contributed by atoms with E-state index in [0.717, 1.165) is 5.56 Å². The molecular weight excluding hydrogens is 497 g/mol. The van der Waals surface area contributed by atoms with Crippen molar-refractivity contribution in [3.8, 4) is 11.9 Å². The van der Waals surface area contributed by atoms with Gasteiger partial charge < -0.3 is 9.64 Å². The van der Waals surface area contributed by atoms with Crippen LogP contribution in [-0.4, -0.2) is 45.2 Å². The SMILES string of the molecule is Cc1cc(C(=O)N2CC([C@H](C)Oc3ccc(C#N)cn3)[C@@H](c3ccc(Cl)c(Cl)c3)C2)c(Cl)nn1. The Morgan fingerprint density at radius 1 is 1.15 bits per heavy atom. The molecule has 0 N–H and O–H groups in total. The number of halogens is 3. The number of hydrogen-bond donors (Lipinski definition) is 0. The van der Waals surface area contributed by atoms with Gasteiger partial charge in [0.25, 0.3) is 5.91 Å². The molecule has 0 saturated carbocycles. The number of pyridine rings is 1. The van der Waals surface area contributed by atoms with Crippen molar-refractivity contribution < 1.29 is 9.53 Å². The van der Waals surface area contributed by atoms with Crippen molar-refractivity contribution in [3.63, 3.8) is 0 Å². The van der Waals surface area contributed by atoms with E-state index in [1.807, 2.05) is 25.1 Å². The van der Waals surface area contributed by atoms with Crippen molar-refractivity contribution in [3.05, 3.63) is 80.2 Å². The molecule has 0 spiro atoms. The molecular formula is C24H20Cl3N5O2. The molecule has 3 atom stereocenters. The highest BCUT2D eigenvalue weighted by Gasteiger charge is 2.41. The van der Waals surface area contributed by atoms with Gasteiger partial charge >= 0.3 is 0 Å². The number of aryl methyl sites for hydroxylation is 1. The minimum absolute atomic E-state index is 0.0659. The van der Waals surface area contributed by atoms with E-state index in [4.69, 9.17) is 44.8 Å². The maximum atomic E-state index is 13.4. The molecule has 0 aliphatic carbocycles. The third-order valence-electron chi connectivity index (χ3n) is 5.90.